The minimum absolute atomic E-state index is 0.0472. The first kappa shape index (κ1) is 20.2. The average molecular weight is 402 g/mol. The van der Waals surface area contributed by atoms with E-state index in [9.17, 15) is 24.1 Å². The number of nitrogens with one attached hydrogen (secondary N) is 1. The van der Waals surface area contributed by atoms with Gasteiger partial charge in [-0.3, -0.25) is 19.8 Å². The molecule has 1 heterocycles. The molecule has 29 heavy (non-hydrogen) atoms. The molecule has 3 N–H and O–H groups in total. The van der Waals surface area contributed by atoms with Gasteiger partial charge < -0.3 is 15.8 Å². The van der Waals surface area contributed by atoms with Crippen LogP contribution in [0.5, 0.6) is 0 Å². The van der Waals surface area contributed by atoms with Gasteiger partial charge in [-0.25, -0.2) is 9.18 Å². The first-order valence-corrected chi connectivity index (χ1v) is 8.84. The lowest BCUT2D eigenvalue weighted by molar-refractivity contribution is -0.385. The minimum atomic E-state index is -1.06. The smallest absolute Gasteiger partial charge is 0.410 e. The van der Waals surface area contributed by atoms with Crippen LogP contribution in [-0.4, -0.2) is 41.5 Å². The molecular weight excluding hydrogens is 383 g/mol. The van der Waals surface area contributed by atoms with E-state index in [1.54, 1.807) is 12.1 Å². The molecule has 1 atom stereocenters. The zero-order valence-corrected chi connectivity index (χ0v) is 15.3. The molecule has 2 aromatic carbocycles. The highest BCUT2D eigenvalue weighted by atomic mass is 19.1. The number of nitro benzene ring substituents is 1. The van der Waals surface area contributed by atoms with Gasteiger partial charge in [0.25, 0.3) is 11.6 Å². The summed E-state index contributed by atoms with van der Waals surface area (Å²) in [5.41, 5.74) is 4.83. The number of carbonyl (C=O) groups is 2. The molecule has 1 saturated heterocycles. The molecule has 1 aliphatic heterocycles. The molecule has 0 radical (unpaired) electrons. The highest BCUT2D eigenvalue weighted by Gasteiger charge is 2.33. The monoisotopic (exact) mass is 402 g/mol. The Balaban J connectivity index is 1.87. The standard InChI is InChI=1S/C19H19FN4O5/c20-15-9-16(24(27)28)14(18(21)25)8-13(15)17-10-22-6-7-23(17)19(26)29-11-12-4-2-1-3-5-12/h1-5,8-9,17,22H,6-7,10-11H2,(H2,21,25). The van der Waals surface area contributed by atoms with Crippen molar-refractivity contribution in [1.82, 2.24) is 10.2 Å². The van der Waals surface area contributed by atoms with E-state index in [1.807, 2.05) is 18.2 Å². The Kier molecular flexibility index (Phi) is 6.03. The van der Waals surface area contributed by atoms with Crippen molar-refractivity contribution in [2.45, 2.75) is 12.6 Å². The van der Waals surface area contributed by atoms with Crippen molar-refractivity contribution >= 4 is 17.7 Å². The van der Waals surface area contributed by atoms with Crippen LogP contribution in [0, 0.1) is 15.9 Å². The van der Waals surface area contributed by atoms with E-state index in [1.165, 1.54) is 4.90 Å². The van der Waals surface area contributed by atoms with Gasteiger partial charge in [-0.15, -0.1) is 0 Å². The molecule has 1 aliphatic rings. The Morgan fingerprint density at radius 2 is 2.03 bits per heavy atom. The second-order valence-electron chi connectivity index (χ2n) is 6.47. The Morgan fingerprint density at radius 3 is 2.69 bits per heavy atom. The third-order valence-electron chi connectivity index (χ3n) is 4.62. The number of nitrogens with two attached hydrogens (primary N) is 1. The maximum Gasteiger partial charge on any atom is 0.410 e. The van der Waals surface area contributed by atoms with Gasteiger partial charge in [0.15, 0.2) is 0 Å². The highest BCUT2D eigenvalue weighted by Crippen LogP contribution is 2.30. The number of nitrogens with zero attached hydrogens (tertiary/aromatic N) is 2. The molecule has 0 bridgehead atoms. The molecule has 9 nitrogen and oxygen atoms in total. The number of amides is 2. The van der Waals surface area contributed by atoms with Gasteiger partial charge in [0.1, 0.15) is 18.0 Å². The number of halogens is 1. The fourth-order valence-corrected chi connectivity index (χ4v) is 3.19. The number of primary amides is 1. The number of benzene rings is 2. The Hall–Kier alpha value is -3.53. The van der Waals surface area contributed by atoms with E-state index in [0.717, 1.165) is 11.6 Å². The first-order chi connectivity index (χ1) is 13.9. The fourth-order valence-electron chi connectivity index (χ4n) is 3.19. The summed E-state index contributed by atoms with van der Waals surface area (Å²) in [7, 11) is 0. The largest absolute Gasteiger partial charge is 0.445 e. The van der Waals surface area contributed by atoms with E-state index in [0.29, 0.717) is 12.6 Å². The van der Waals surface area contributed by atoms with Crippen molar-refractivity contribution in [1.29, 1.82) is 0 Å². The summed E-state index contributed by atoms with van der Waals surface area (Å²) in [6, 6.07) is 9.94. The van der Waals surface area contributed by atoms with Crippen molar-refractivity contribution in [3.8, 4) is 0 Å². The number of piperazine rings is 1. The number of hydrogen-bond donors (Lipinski definition) is 2. The van der Waals surface area contributed by atoms with E-state index in [-0.39, 0.29) is 25.3 Å². The van der Waals surface area contributed by atoms with Gasteiger partial charge in [-0.1, -0.05) is 30.3 Å². The number of nitro groups is 1. The summed E-state index contributed by atoms with van der Waals surface area (Å²) in [5.74, 6) is -1.96. The summed E-state index contributed by atoms with van der Waals surface area (Å²) in [6.07, 6.45) is -0.654. The molecular formula is C19H19FN4O5. The minimum Gasteiger partial charge on any atom is -0.445 e. The van der Waals surface area contributed by atoms with Crippen molar-refractivity contribution in [3.63, 3.8) is 0 Å². The van der Waals surface area contributed by atoms with Gasteiger partial charge in [0.05, 0.1) is 17.0 Å². The molecule has 0 aliphatic carbocycles. The van der Waals surface area contributed by atoms with Crippen LogP contribution in [0.25, 0.3) is 0 Å². The summed E-state index contributed by atoms with van der Waals surface area (Å²) in [5, 5.41) is 14.1. The molecule has 2 amide bonds. The molecule has 1 unspecified atom stereocenters. The van der Waals surface area contributed by atoms with Crippen LogP contribution >= 0.6 is 0 Å². The SMILES string of the molecule is NC(=O)c1cc(C2CNCCN2C(=O)OCc2ccccc2)c(F)cc1[N+](=O)[O-]. The van der Waals surface area contributed by atoms with Gasteiger partial charge in [0.2, 0.25) is 0 Å². The quantitative estimate of drug-likeness (QED) is 0.582. The topological polar surface area (TPSA) is 128 Å². The molecule has 0 aromatic heterocycles. The van der Waals surface area contributed by atoms with Gasteiger partial charge in [-0.2, -0.15) is 0 Å². The lowest BCUT2D eigenvalue weighted by Crippen LogP contribution is -2.49. The molecule has 2 aromatic rings. The second kappa shape index (κ2) is 8.65. The number of rotatable bonds is 5. The van der Waals surface area contributed by atoms with E-state index in [4.69, 9.17) is 10.5 Å². The van der Waals surface area contributed by atoms with E-state index >= 15 is 0 Å². The molecule has 152 valence electrons. The third kappa shape index (κ3) is 4.49. The zero-order valence-electron chi connectivity index (χ0n) is 15.3. The van der Waals surface area contributed by atoms with Crippen LogP contribution in [0.1, 0.15) is 27.5 Å². The molecule has 0 spiro atoms. The number of hydrogen-bond acceptors (Lipinski definition) is 6. The Bertz CT molecular complexity index is 938. The summed E-state index contributed by atoms with van der Waals surface area (Å²) >= 11 is 0. The predicted molar refractivity (Wildman–Crippen MR) is 101 cm³/mol. The molecule has 0 saturated carbocycles. The van der Waals surface area contributed by atoms with Crippen molar-refractivity contribution in [2.24, 2.45) is 5.73 Å². The van der Waals surface area contributed by atoms with E-state index < -0.39 is 40.0 Å². The first-order valence-electron chi connectivity index (χ1n) is 8.84. The maximum absolute atomic E-state index is 14.7. The van der Waals surface area contributed by atoms with E-state index in [2.05, 4.69) is 5.32 Å². The van der Waals surface area contributed by atoms with Crippen LogP contribution in [0.3, 0.4) is 0 Å². The normalized spacial score (nSPS) is 16.3. The van der Waals surface area contributed by atoms with Crippen LogP contribution in [0.2, 0.25) is 0 Å². The highest BCUT2D eigenvalue weighted by molar-refractivity contribution is 5.97. The van der Waals surface area contributed by atoms with Crippen LogP contribution < -0.4 is 11.1 Å². The second-order valence-corrected chi connectivity index (χ2v) is 6.47. The third-order valence-corrected chi connectivity index (χ3v) is 4.62. The number of ether oxygens (including phenoxy) is 1. The van der Waals surface area contributed by atoms with Gasteiger partial charge >= 0.3 is 6.09 Å². The summed E-state index contributed by atoms with van der Waals surface area (Å²) in [4.78, 5) is 35.8. The fraction of sp³-hybridized carbons (Fsp3) is 0.263. The van der Waals surface area contributed by atoms with Crippen LogP contribution in [0.15, 0.2) is 42.5 Å². The summed E-state index contributed by atoms with van der Waals surface area (Å²) in [6.45, 7) is 0.938. The lowest BCUT2D eigenvalue weighted by Gasteiger charge is -2.35. The Labute approximate surface area is 165 Å². The zero-order chi connectivity index (χ0) is 21.0. The van der Waals surface area contributed by atoms with Gasteiger partial charge in [0, 0.05) is 25.2 Å². The van der Waals surface area contributed by atoms with Gasteiger partial charge in [-0.05, 0) is 11.6 Å². The average Bonchev–Trinajstić information content (AvgIpc) is 2.72. The van der Waals surface area contributed by atoms with Crippen LogP contribution in [0.4, 0.5) is 14.9 Å². The number of carbonyl (C=O) groups excluding carboxylic acids is 2. The van der Waals surface area contributed by atoms with Crippen molar-refractivity contribution in [3.05, 3.63) is 75.1 Å². The summed E-state index contributed by atoms with van der Waals surface area (Å²) < 4.78 is 20.0. The maximum atomic E-state index is 14.7. The lowest BCUT2D eigenvalue weighted by atomic mass is 9.99. The van der Waals surface area contributed by atoms with Crippen molar-refractivity contribution < 1.29 is 23.6 Å². The molecule has 10 heteroatoms. The Morgan fingerprint density at radius 1 is 1.31 bits per heavy atom. The van der Waals surface area contributed by atoms with Crippen molar-refractivity contribution in [2.75, 3.05) is 19.6 Å². The predicted octanol–water partition coefficient (Wildman–Crippen LogP) is 2.12. The molecule has 3 rings (SSSR count). The molecule has 1 fully saturated rings. The van der Waals surface area contributed by atoms with Crippen LogP contribution in [-0.2, 0) is 11.3 Å².